The Hall–Kier alpha value is -1.03. The Balaban J connectivity index is 2.28. The zero-order valence-corrected chi connectivity index (χ0v) is 5.76. The summed E-state index contributed by atoms with van der Waals surface area (Å²) < 4.78 is 4.93. The van der Waals surface area contributed by atoms with E-state index in [0.717, 1.165) is 0 Å². The number of hydrogen-bond donors (Lipinski definition) is 2. The summed E-state index contributed by atoms with van der Waals surface area (Å²) in [5.74, 6) is -0.132. The molecule has 0 aromatic carbocycles. The van der Waals surface area contributed by atoms with E-state index in [2.05, 4.69) is 10.9 Å². The van der Waals surface area contributed by atoms with Crippen LogP contribution in [0.2, 0.25) is 0 Å². The maximum Gasteiger partial charge on any atom is 0.275 e. The smallest absolute Gasteiger partial charge is 0.275 e. The number of rotatable bonds is 2. The van der Waals surface area contributed by atoms with Gasteiger partial charge in [-0.3, -0.25) is 10.2 Å². The minimum atomic E-state index is -0.340. The summed E-state index contributed by atoms with van der Waals surface area (Å²) in [6.07, 6.45) is 3.68. The highest BCUT2D eigenvalue weighted by Crippen LogP contribution is 2.07. The van der Waals surface area contributed by atoms with Gasteiger partial charge in [-0.05, 0) is 6.08 Å². The first-order valence-corrected chi connectivity index (χ1v) is 3.11. The van der Waals surface area contributed by atoms with Crippen molar-refractivity contribution in [2.75, 3.05) is 7.05 Å². The molecule has 0 saturated carbocycles. The van der Waals surface area contributed by atoms with Crippen LogP contribution in [0.15, 0.2) is 12.3 Å². The van der Waals surface area contributed by atoms with Gasteiger partial charge in [0.1, 0.15) is 0 Å². The number of hydrazine groups is 1. The van der Waals surface area contributed by atoms with E-state index in [-0.39, 0.29) is 12.0 Å². The summed E-state index contributed by atoms with van der Waals surface area (Å²) in [5.41, 5.74) is 4.97. The van der Waals surface area contributed by atoms with Gasteiger partial charge in [-0.1, -0.05) is 0 Å². The quantitative estimate of drug-likeness (QED) is 0.513. The van der Waals surface area contributed by atoms with Crippen LogP contribution in [0, 0.1) is 0 Å². The van der Waals surface area contributed by atoms with E-state index in [0.29, 0.717) is 6.42 Å². The minimum absolute atomic E-state index is 0.132. The van der Waals surface area contributed by atoms with Crippen molar-refractivity contribution in [1.82, 2.24) is 10.9 Å². The lowest BCUT2D eigenvalue weighted by molar-refractivity contribution is -0.129. The van der Waals surface area contributed by atoms with Gasteiger partial charge < -0.3 is 4.74 Å². The topological polar surface area (TPSA) is 50.4 Å². The van der Waals surface area contributed by atoms with Crippen LogP contribution >= 0.6 is 0 Å². The second-order valence-electron chi connectivity index (χ2n) is 1.97. The van der Waals surface area contributed by atoms with Gasteiger partial charge in [0, 0.05) is 13.5 Å². The van der Waals surface area contributed by atoms with E-state index in [9.17, 15) is 4.79 Å². The van der Waals surface area contributed by atoms with Gasteiger partial charge in [0.15, 0.2) is 6.10 Å². The number of amides is 1. The molecule has 56 valence electrons. The van der Waals surface area contributed by atoms with Gasteiger partial charge in [0.2, 0.25) is 0 Å². The largest absolute Gasteiger partial charge is 0.488 e. The maximum absolute atomic E-state index is 10.9. The number of carbonyl (C=O) groups is 1. The summed E-state index contributed by atoms with van der Waals surface area (Å²) in [7, 11) is 1.64. The Morgan fingerprint density at radius 1 is 1.80 bits per heavy atom. The van der Waals surface area contributed by atoms with Crippen molar-refractivity contribution in [3.63, 3.8) is 0 Å². The van der Waals surface area contributed by atoms with Crippen molar-refractivity contribution >= 4 is 5.91 Å². The van der Waals surface area contributed by atoms with Crippen LogP contribution in [-0.4, -0.2) is 19.1 Å². The summed E-state index contributed by atoms with van der Waals surface area (Å²) >= 11 is 0. The van der Waals surface area contributed by atoms with Crippen molar-refractivity contribution in [2.45, 2.75) is 12.5 Å². The van der Waals surface area contributed by atoms with Crippen molar-refractivity contribution in [1.29, 1.82) is 0 Å². The average Bonchev–Trinajstić information content (AvgIpc) is 2.38. The molecule has 4 nitrogen and oxygen atoms in total. The molecule has 10 heavy (non-hydrogen) atoms. The Bertz CT molecular complexity index is 148. The predicted octanol–water partition coefficient (Wildman–Crippen LogP) is -0.460. The van der Waals surface area contributed by atoms with Crippen LogP contribution in [0.4, 0.5) is 0 Å². The van der Waals surface area contributed by atoms with Crippen LogP contribution < -0.4 is 10.9 Å². The van der Waals surface area contributed by atoms with Gasteiger partial charge in [-0.15, -0.1) is 0 Å². The molecule has 0 bridgehead atoms. The fourth-order valence-electron chi connectivity index (χ4n) is 0.758. The summed E-state index contributed by atoms with van der Waals surface area (Å²) in [6.45, 7) is 0. The molecule has 1 aliphatic heterocycles. The number of hydrogen-bond acceptors (Lipinski definition) is 3. The number of ether oxygens (including phenoxy) is 1. The first-order valence-electron chi connectivity index (χ1n) is 3.11. The highest BCUT2D eigenvalue weighted by molar-refractivity contribution is 5.80. The standard InChI is InChI=1S/C6H10N2O2/c1-7-8-6(9)5-3-2-4-10-5/h2,4-5,7H,3H2,1H3,(H,8,9). The van der Waals surface area contributed by atoms with Crippen LogP contribution in [0.1, 0.15) is 6.42 Å². The van der Waals surface area contributed by atoms with Crippen LogP contribution in [0.5, 0.6) is 0 Å². The predicted molar refractivity (Wildman–Crippen MR) is 35.8 cm³/mol. The van der Waals surface area contributed by atoms with Gasteiger partial charge in [0.25, 0.3) is 5.91 Å². The third-order valence-electron chi connectivity index (χ3n) is 1.23. The molecule has 0 spiro atoms. The second kappa shape index (κ2) is 3.22. The molecule has 4 heteroatoms. The molecule has 0 aliphatic carbocycles. The van der Waals surface area contributed by atoms with Crippen molar-refractivity contribution in [3.05, 3.63) is 12.3 Å². The van der Waals surface area contributed by atoms with Gasteiger partial charge in [-0.25, -0.2) is 5.43 Å². The normalized spacial score (nSPS) is 22.3. The van der Waals surface area contributed by atoms with E-state index < -0.39 is 0 Å². The lowest BCUT2D eigenvalue weighted by Crippen LogP contribution is -2.41. The molecule has 0 aromatic rings. The summed E-state index contributed by atoms with van der Waals surface area (Å²) in [6, 6.07) is 0. The third kappa shape index (κ3) is 1.48. The lowest BCUT2D eigenvalue weighted by atomic mass is 10.3. The Kier molecular flexibility index (Phi) is 2.28. The zero-order chi connectivity index (χ0) is 7.40. The fourth-order valence-corrected chi connectivity index (χ4v) is 0.758. The summed E-state index contributed by atoms with van der Waals surface area (Å²) in [4.78, 5) is 10.9. The molecular weight excluding hydrogens is 132 g/mol. The first kappa shape index (κ1) is 7.08. The molecule has 0 aromatic heterocycles. The molecular formula is C6H10N2O2. The monoisotopic (exact) mass is 142 g/mol. The Labute approximate surface area is 59.2 Å². The van der Waals surface area contributed by atoms with E-state index in [1.807, 2.05) is 6.08 Å². The molecule has 1 atom stereocenters. The molecule has 0 radical (unpaired) electrons. The van der Waals surface area contributed by atoms with Crippen LogP contribution in [0.3, 0.4) is 0 Å². The fraction of sp³-hybridized carbons (Fsp3) is 0.500. The van der Waals surface area contributed by atoms with Crippen molar-refractivity contribution in [3.8, 4) is 0 Å². The van der Waals surface area contributed by atoms with E-state index >= 15 is 0 Å². The third-order valence-corrected chi connectivity index (χ3v) is 1.23. The van der Waals surface area contributed by atoms with Crippen LogP contribution in [-0.2, 0) is 9.53 Å². The van der Waals surface area contributed by atoms with Crippen LogP contribution in [0.25, 0.3) is 0 Å². The zero-order valence-electron chi connectivity index (χ0n) is 5.76. The average molecular weight is 142 g/mol. The lowest BCUT2D eigenvalue weighted by Gasteiger charge is -2.08. The Morgan fingerprint density at radius 2 is 2.60 bits per heavy atom. The first-order chi connectivity index (χ1) is 4.84. The van der Waals surface area contributed by atoms with Gasteiger partial charge in [-0.2, -0.15) is 0 Å². The van der Waals surface area contributed by atoms with Crippen molar-refractivity contribution < 1.29 is 9.53 Å². The van der Waals surface area contributed by atoms with E-state index in [1.54, 1.807) is 13.3 Å². The van der Waals surface area contributed by atoms with Crippen molar-refractivity contribution in [2.24, 2.45) is 0 Å². The molecule has 0 saturated heterocycles. The van der Waals surface area contributed by atoms with Gasteiger partial charge in [0.05, 0.1) is 6.26 Å². The minimum Gasteiger partial charge on any atom is -0.488 e. The Morgan fingerprint density at radius 3 is 3.10 bits per heavy atom. The molecule has 2 N–H and O–H groups in total. The van der Waals surface area contributed by atoms with E-state index in [4.69, 9.17) is 4.74 Å². The molecule has 1 heterocycles. The summed E-state index contributed by atoms with van der Waals surface area (Å²) in [5, 5.41) is 0. The molecule has 1 rings (SSSR count). The number of nitrogens with one attached hydrogen (secondary N) is 2. The highest BCUT2D eigenvalue weighted by Gasteiger charge is 2.19. The molecule has 1 amide bonds. The maximum atomic E-state index is 10.9. The SMILES string of the molecule is CNNC(=O)C1CC=CO1. The molecule has 0 fully saturated rings. The second-order valence-corrected chi connectivity index (χ2v) is 1.97. The molecule has 1 aliphatic rings. The van der Waals surface area contributed by atoms with E-state index in [1.165, 1.54) is 0 Å². The highest BCUT2D eigenvalue weighted by atomic mass is 16.5. The van der Waals surface area contributed by atoms with Gasteiger partial charge >= 0.3 is 0 Å². The number of carbonyl (C=O) groups excluding carboxylic acids is 1. The molecule has 1 unspecified atom stereocenters.